The maximum Gasteiger partial charge on any atom is 0.117 e. The molecule has 0 radical (unpaired) electrons. The van der Waals surface area contributed by atoms with Gasteiger partial charge >= 0.3 is 0 Å². The molecule has 1 saturated heterocycles. The standard InChI is InChI=1S/C14H20FN/c1-11-3-4-12(2)13(9-11)10-14(15)5-7-16-8-6-14/h3-4,9,16H,5-8,10H2,1-2H3. The molecular formula is C14H20FN. The Balaban J connectivity index is 2.15. The molecule has 2 rings (SSSR count). The van der Waals surface area contributed by atoms with Crippen LogP contribution in [0.5, 0.6) is 0 Å². The first-order valence-corrected chi connectivity index (χ1v) is 6.05. The minimum atomic E-state index is -0.996. The molecule has 0 saturated carbocycles. The highest BCUT2D eigenvalue weighted by Gasteiger charge is 2.32. The van der Waals surface area contributed by atoms with E-state index in [1.807, 2.05) is 0 Å². The van der Waals surface area contributed by atoms with E-state index in [9.17, 15) is 4.39 Å². The van der Waals surface area contributed by atoms with Crippen molar-refractivity contribution in [2.24, 2.45) is 0 Å². The number of alkyl halides is 1. The third-order valence-electron chi connectivity index (χ3n) is 3.51. The van der Waals surface area contributed by atoms with Gasteiger partial charge in [-0.15, -0.1) is 0 Å². The lowest BCUT2D eigenvalue weighted by molar-refractivity contribution is 0.116. The van der Waals surface area contributed by atoms with Crippen molar-refractivity contribution >= 4 is 0 Å². The summed E-state index contributed by atoms with van der Waals surface area (Å²) >= 11 is 0. The molecule has 88 valence electrons. The quantitative estimate of drug-likeness (QED) is 0.809. The molecule has 1 heterocycles. The summed E-state index contributed by atoms with van der Waals surface area (Å²) in [6.45, 7) is 5.75. The summed E-state index contributed by atoms with van der Waals surface area (Å²) in [7, 11) is 0. The van der Waals surface area contributed by atoms with Crippen LogP contribution < -0.4 is 5.32 Å². The van der Waals surface area contributed by atoms with Gasteiger partial charge in [-0.3, -0.25) is 0 Å². The summed E-state index contributed by atoms with van der Waals surface area (Å²) in [6.07, 6.45) is 1.85. The Kier molecular flexibility index (Phi) is 3.29. The molecule has 1 N–H and O–H groups in total. The van der Waals surface area contributed by atoms with Crippen LogP contribution in [0.1, 0.15) is 29.5 Å². The highest BCUT2D eigenvalue weighted by atomic mass is 19.1. The normalized spacial score (nSPS) is 19.7. The summed E-state index contributed by atoms with van der Waals surface area (Å²) in [6, 6.07) is 6.31. The van der Waals surface area contributed by atoms with Crippen LogP contribution in [0.2, 0.25) is 0 Å². The molecule has 0 amide bonds. The smallest absolute Gasteiger partial charge is 0.117 e. The fourth-order valence-corrected chi connectivity index (χ4v) is 2.38. The summed E-state index contributed by atoms with van der Waals surface area (Å²) in [5, 5.41) is 3.21. The van der Waals surface area contributed by atoms with E-state index >= 15 is 0 Å². The average molecular weight is 221 g/mol. The van der Waals surface area contributed by atoms with E-state index in [0.29, 0.717) is 19.3 Å². The third-order valence-corrected chi connectivity index (χ3v) is 3.51. The van der Waals surface area contributed by atoms with Gasteiger partial charge in [-0.1, -0.05) is 23.8 Å². The first-order valence-electron chi connectivity index (χ1n) is 6.05. The van der Waals surface area contributed by atoms with Crippen LogP contribution >= 0.6 is 0 Å². The van der Waals surface area contributed by atoms with Gasteiger partial charge in [-0.2, -0.15) is 0 Å². The SMILES string of the molecule is Cc1ccc(C)c(CC2(F)CCNCC2)c1. The summed E-state index contributed by atoms with van der Waals surface area (Å²) < 4.78 is 14.5. The van der Waals surface area contributed by atoms with E-state index in [0.717, 1.165) is 13.1 Å². The second-order valence-corrected chi connectivity index (χ2v) is 5.01. The van der Waals surface area contributed by atoms with Gasteiger partial charge in [-0.05, 0) is 50.9 Å². The van der Waals surface area contributed by atoms with Gasteiger partial charge in [0.25, 0.3) is 0 Å². The summed E-state index contributed by atoms with van der Waals surface area (Å²) in [4.78, 5) is 0. The molecule has 1 aromatic rings. The Morgan fingerprint density at radius 3 is 2.62 bits per heavy atom. The van der Waals surface area contributed by atoms with Crippen molar-refractivity contribution in [3.05, 3.63) is 34.9 Å². The molecule has 0 unspecified atom stereocenters. The lowest BCUT2D eigenvalue weighted by Crippen LogP contribution is -2.40. The monoisotopic (exact) mass is 221 g/mol. The highest BCUT2D eigenvalue weighted by Crippen LogP contribution is 2.29. The Labute approximate surface area is 97.1 Å². The number of piperidine rings is 1. The van der Waals surface area contributed by atoms with Crippen LogP contribution in [-0.4, -0.2) is 18.8 Å². The molecule has 16 heavy (non-hydrogen) atoms. The topological polar surface area (TPSA) is 12.0 Å². The molecule has 0 bridgehead atoms. The molecule has 1 aliphatic heterocycles. The maximum absolute atomic E-state index is 14.5. The van der Waals surface area contributed by atoms with Crippen LogP contribution in [0.3, 0.4) is 0 Å². The number of halogens is 1. The third kappa shape index (κ3) is 2.62. The number of rotatable bonds is 2. The number of nitrogens with one attached hydrogen (secondary N) is 1. The van der Waals surface area contributed by atoms with Crippen LogP contribution in [0.4, 0.5) is 4.39 Å². The van der Waals surface area contributed by atoms with Crippen molar-refractivity contribution in [3.8, 4) is 0 Å². The molecule has 1 aromatic carbocycles. The zero-order valence-corrected chi connectivity index (χ0v) is 10.1. The predicted octanol–water partition coefficient (Wildman–Crippen LogP) is 2.94. The molecule has 1 aliphatic rings. The maximum atomic E-state index is 14.5. The molecule has 1 fully saturated rings. The van der Waals surface area contributed by atoms with E-state index in [4.69, 9.17) is 0 Å². The first-order chi connectivity index (χ1) is 7.59. The van der Waals surface area contributed by atoms with Crippen molar-refractivity contribution in [3.63, 3.8) is 0 Å². The minimum Gasteiger partial charge on any atom is -0.316 e. The molecule has 2 heteroatoms. The Hall–Kier alpha value is -0.890. The zero-order chi connectivity index (χ0) is 11.6. The first kappa shape index (κ1) is 11.6. The van der Waals surface area contributed by atoms with Gasteiger partial charge in [-0.25, -0.2) is 4.39 Å². The second-order valence-electron chi connectivity index (χ2n) is 5.01. The van der Waals surface area contributed by atoms with Gasteiger partial charge in [0, 0.05) is 6.42 Å². The lowest BCUT2D eigenvalue weighted by Gasteiger charge is -2.30. The fraction of sp³-hybridized carbons (Fsp3) is 0.571. The molecule has 0 aromatic heterocycles. The molecule has 0 atom stereocenters. The minimum absolute atomic E-state index is 0.572. The van der Waals surface area contributed by atoms with E-state index < -0.39 is 5.67 Å². The zero-order valence-electron chi connectivity index (χ0n) is 10.1. The highest BCUT2D eigenvalue weighted by molar-refractivity contribution is 5.31. The van der Waals surface area contributed by atoms with Crippen LogP contribution in [-0.2, 0) is 6.42 Å². The molecule has 1 nitrogen and oxygen atoms in total. The fourth-order valence-electron chi connectivity index (χ4n) is 2.38. The van der Waals surface area contributed by atoms with Crippen molar-refractivity contribution in [2.45, 2.75) is 38.8 Å². The van der Waals surface area contributed by atoms with Gasteiger partial charge in [0.05, 0.1) is 0 Å². The van der Waals surface area contributed by atoms with Crippen LogP contribution in [0.25, 0.3) is 0 Å². The van der Waals surface area contributed by atoms with Crippen molar-refractivity contribution in [1.82, 2.24) is 5.32 Å². The Morgan fingerprint density at radius 1 is 1.25 bits per heavy atom. The van der Waals surface area contributed by atoms with Gasteiger partial charge in [0.1, 0.15) is 5.67 Å². The van der Waals surface area contributed by atoms with Gasteiger partial charge < -0.3 is 5.32 Å². The van der Waals surface area contributed by atoms with Crippen LogP contribution in [0.15, 0.2) is 18.2 Å². The van der Waals surface area contributed by atoms with Gasteiger partial charge in [0.2, 0.25) is 0 Å². The summed E-state index contributed by atoms with van der Waals surface area (Å²) in [5.41, 5.74) is 2.60. The number of hydrogen-bond donors (Lipinski definition) is 1. The molecule has 0 aliphatic carbocycles. The van der Waals surface area contributed by atoms with Crippen LogP contribution in [0, 0.1) is 13.8 Å². The summed E-state index contributed by atoms with van der Waals surface area (Å²) in [5.74, 6) is 0. The van der Waals surface area contributed by atoms with E-state index in [1.165, 1.54) is 16.7 Å². The largest absolute Gasteiger partial charge is 0.316 e. The number of aryl methyl sites for hydroxylation is 2. The number of hydrogen-bond acceptors (Lipinski definition) is 1. The second kappa shape index (κ2) is 4.54. The Bertz CT molecular complexity index is 367. The lowest BCUT2D eigenvalue weighted by atomic mass is 9.86. The van der Waals surface area contributed by atoms with E-state index in [1.54, 1.807) is 0 Å². The Morgan fingerprint density at radius 2 is 1.94 bits per heavy atom. The predicted molar refractivity (Wildman–Crippen MR) is 65.6 cm³/mol. The van der Waals surface area contributed by atoms with E-state index in [-0.39, 0.29) is 0 Å². The van der Waals surface area contributed by atoms with Crippen molar-refractivity contribution < 1.29 is 4.39 Å². The van der Waals surface area contributed by atoms with E-state index in [2.05, 4.69) is 37.4 Å². The molecular weight excluding hydrogens is 201 g/mol. The number of benzene rings is 1. The van der Waals surface area contributed by atoms with Gasteiger partial charge in [0.15, 0.2) is 0 Å². The average Bonchev–Trinajstić information content (AvgIpc) is 2.24. The van der Waals surface area contributed by atoms with Crippen molar-refractivity contribution in [1.29, 1.82) is 0 Å². The van der Waals surface area contributed by atoms with Crippen molar-refractivity contribution in [2.75, 3.05) is 13.1 Å². The molecule has 0 spiro atoms.